The molecular formula is C6H5BrClNS. The Morgan fingerprint density at radius 3 is 2.90 bits per heavy atom. The van der Waals surface area contributed by atoms with Gasteiger partial charge in [-0.15, -0.1) is 11.8 Å². The number of pyridine rings is 1. The topological polar surface area (TPSA) is 12.9 Å². The van der Waals surface area contributed by atoms with Crippen molar-refractivity contribution in [1.82, 2.24) is 4.98 Å². The minimum Gasteiger partial charge on any atom is -0.247 e. The van der Waals surface area contributed by atoms with Crippen LogP contribution in [-0.4, -0.2) is 11.2 Å². The zero-order chi connectivity index (χ0) is 7.56. The van der Waals surface area contributed by atoms with E-state index in [-0.39, 0.29) is 0 Å². The van der Waals surface area contributed by atoms with Crippen molar-refractivity contribution >= 4 is 39.3 Å². The third kappa shape index (κ3) is 1.87. The van der Waals surface area contributed by atoms with Crippen LogP contribution in [0.4, 0.5) is 0 Å². The minimum atomic E-state index is 0.674. The maximum atomic E-state index is 5.70. The molecule has 0 spiro atoms. The number of thioether (sulfide) groups is 1. The van der Waals surface area contributed by atoms with Crippen LogP contribution in [0.1, 0.15) is 0 Å². The van der Waals surface area contributed by atoms with E-state index in [1.54, 1.807) is 18.0 Å². The first-order valence-corrected chi connectivity index (χ1v) is 4.98. The molecule has 1 heterocycles. The van der Waals surface area contributed by atoms with Crippen LogP contribution in [0.5, 0.6) is 0 Å². The van der Waals surface area contributed by atoms with Gasteiger partial charge in [0.2, 0.25) is 0 Å². The van der Waals surface area contributed by atoms with E-state index in [0.29, 0.717) is 5.02 Å². The third-order valence-corrected chi connectivity index (χ3v) is 2.85. The minimum absolute atomic E-state index is 0.674. The molecule has 0 aliphatic carbocycles. The summed E-state index contributed by atoms with van der Waals surface area (Å²) in [6.07, 6.45) is 3.60. The lowest BCUT2D eigenvalue weighted by Gasteiger charge is -1.97. The molecule has 1 aromatic rings. The van der Waals surface area contributed by atoms with Crippen LogP contribution in [0, 0.1) is 0 Å². The molecule has 0 amide bonds. The van der Waals surface area contributed by atoms with Crippen molar-refractivity contribution in [1.29, 1.82) is 0 Å². The maximum Gasteiger partial charge on any atom is 0.119 e. The van der Waals surface area contributed by atoms with E-state index >= 15 is 0 Å². The van der Waals surface area contributed by atoms with Crippen molar-refractivity contribution < 1.29 is 0 Å². The Bertz CT molecular complexity index is 241. The first kappa shape index (κ1) is 8.37. The Balaban J connectivity index is 3.09. The molecule has 1 nitrogen and oxygen atoms in total. The highest BCUT2D eigenvalue weighted by Gasteiger charge is 1.98. The molecule has 0 saturated carbocycles. The van der Waals surface area contributed by atoms with Crippen LogP contribution >= 0.6 is 39.3 Å². The lowest BCUT2D eigenvalue weighted by atomic mass is 10.5. The first-order valence-electron chi connectivity index (χ1n) is 2.59. The van der Waals surface area contributed by atoms with Gasteiger partial charge in [0.15, 0.2) is 0 Å². The molecule has 1 rings (SSSR count). The quantitative estimate of drug-likeness (QED) is 0.550. The van der Waals surface area contributed by atoms with Crippen molar-refractivity contribution in [3.8, 4) is 0 Å². The van der Waals surface area contributed by atoms with E-state index in [9.17, 15) is 0 Å². The van der Waals surface area contributed by atoms with E-state index in [1.807, 2.05) is 12.3 Å². The molecule has 0 atom stereocenters. The monoisotopic (exact) mass is 237 g/mol. The molecule has 0 aliphatic heterocycles. The Labute approximate surface area is 77.3 Å². The number of nitrogens with zero attached hydrogens (tertiary/aromatic N) is 1. The zero-order valence-electron chi connectivity index (χ0n) is 5.27. The number of aromatic nitrogens is 1. The van der Waals surface area contributed by atoms with Crippen LogP contribution in [0.2, 0.25) is 5.02 Å². The fourth-order valence-electron chi connectivity index (χ4n) is 0.547. The molecule has 0 radical (unpaired) electrons. The lowest BCUT2D eigenvalue weighted by Crippen LogP contribution is -1.78. The number of hydrogen-bond acceptors (Lipinski definition) is 2. The van der Waals surface area contributed by atoms with Crippen molar-refractivity contribution in [3.05, 3.63) is 21.9 Å². The molecule has 4 heteroatoms. The van der Waals surface area contributed by atoms with Gasteiger partial charge in [0.1, 0.15) is 4.60 Å². The van der Waals surface area contributed by atoms with E-state index in [2.05, 4.69) is 20.9 Å². The fraction of sp³-hybridized carbons (Fsp3) is 0.167. The van der Waals surface area contributed by atoms with Gasteiger partial charge in [-0.3, -0.25) is 0 Å². The van der Waals surface area contributed by atoms with Gasteiger partial charge in [-0.25, -0.2) is 4.98 Å². The molecular weight excluding hydrogens is 233 g/mol. The van der Waals surface area contributed by atoms with Crippen LogP contribution in [-0.2, 0) is 0 Å². The molecule has 54 valence electrons. The summed E-state index contributed by atoms with van der Waals surface area (Å²) in [6, 6.07) is 1.88. The summed E-state index contributed by atoms with van der Waals surface area (Å²) >= 11 is 10.6. The number of hydrogen-bond donors (Lipinski definition) is 0. The van der Waals surface area contributed by atoms with Gasteiger partial charge in [0, 0.05) is 11.1 Å². The van der Waals surface area contributed by atoms with Crippen LogP contribution in [0.3, 0.4) is 0 Å². The van der Waals surface area contributed by atoms with E-state index in [0.717, 1.165) is 9.50 Å². The van der Waals surface area contributed by atoms with E-state index in [1.165, 1.54) is 0 Å². The second-order valence-corrected chi connectivity index (χ2v) is 3.68. The predicted octanol–water partition coefficient (Wildman–Crippen LogP) is 3.22. The van der Waals surface area contributed by atoms with Gasteiger partial charge in [-0.1, -0.05) is 11.6 Å². The Kier molecular flexibility index (Phi) is 3.01. The number of halogens is 2. The molecule has 0 N–H and O–H groups in total. The predicted molar refractivity (Wildman–Crippen MR) is 48.7 cm³/mol. The van der Waals surface area contributed by atoms with Gasteiger partial charge in [-0.2, -0.15) is 0 Å². The summed E-state index contributed by atoms with van der Waals surface area (Å²) in [6.45, 7) is 0. The Morgan fingerprint density at radius 2 is 2.40 bits per heavy atom. The average molecular weight is 239 g/mol. The zero-order valence-corrected chi connectivity index (χ0v) is 8.42. The van der Waals surface area contributed by atoms with Gasteiger partial charge in [0.05, 0.1) is 5.02 Å². The third-order valence-electron chi connectivity index (χ3n) is 0.993. The van der Waals surface area contributed by atoms with Gasteiger partial charge >= 0.3 is 0 Å². The normalized spacial score (nSPS) is 9.90. The summed E-state index contributed by atoms with van der Waals surface area (Å²) in [7, 11) is 0. The highest BCUT2D eigenvalue weighted by Crippen LogP contribution is 2.25. The molecule has 10 heavy (non-hydrogen) atoms. The van der Waals surface area contributed by atoms with E-state index < -0.39 is 0 Å². The molecule has 1 aromatic heterocycles. The fourth-order valence-corrected chi connectivity index (χ4v) is 1.94. The van der Waals surface area contributed by atoms with Crippen LogP contribution in [0.25, 0.3) is 0 Å². The summed E-state index contributed by atoms with van der Waals surface area (Å²) in [5.74, 6) is 0. The van der Waals surface area contributed by atoms with Gasteiger partial charge < -0.3 is 0 Å². The molecule has 0 bridgehead atoms. The summed E-state index contributed by atoms with van der Waals surface area (Å²) in [5, 5.41) is 0.674. The van der Waals surface area contributed by atoms with Crippen molar-refractivity contribution in [3.63, 3.8) is 0 Å². The van der Waals surface area contributed by atoms with Crippen molar-refractivity contribution in [2.45, 2.75) is 4.90 Å². The Hall–Kier alpha value is 0.270. The SMILES string of the molecule is CSc1cc(Cl)cnc1Br. The molecule has 0 aromatic carbocycles. The summed E-state index contributed by atoms with van der Waals surface area (Å²) in [5.41, 5.74) is 0. The van der Waals surface area contributed by atoms with Crippen molar-refractivity contribution in [2.75, 3.05) is 6.26 Å². The van der Waals surface area contributed by atoms with Crippen molar-refractivity contribution in [2.24, 2.45) is 0 Å². The second-order valence-electron chi connectivity index (χ2n) is 1.65. The molecule has 0 unspecified atom stereocenters. The lowest BCUT2D eigenvalue weighted by molar-refractivity contribution is 1.18. The second kappa shape index (κ2) is 3.60. The highest BCUT2D eigenvalue weighted by molar-refractivity contribution is 9.10. The Morgan fingerprint density at radius 1 is 1.70 bits per heavy atom. The molecule has 0 fully saturated rings. The van der Waals surface area contributed by atoms with Crippen LogP contribution in [0.15, 0.2) is 21.8 Å². The molecule has 0 aliphatic rings. The largest absolute Gasteiger partial charge is 0.247 e. The van der Waals surface area contributed by atoms with Gasteiger partial charge in [0.25, 0.3) is 0 Å². The van der Waals surface area contributed by atoms with Gasteiger partial charge in [-0.05, 0) is 28.3 Å². The standard InChI is InChI=1S/C6H5BrClNS/c1-10-5-2-4(8)3-9-6(5)7/h2-3H,1H3. The average Bonchev–Trinajstić information content (AvgIpc) is 1.94. The summed E-state index contributed by atoms with van der Waals surface area (Å²) < 4.78 is 0.851. The molecule has 0 saturated heterocycles. The summed E-state index contributed by atoms with van der Waals surface area (Å²) in [4.78, 5) is 5.08. The smallest absolute Gasteiger partial charge is 0.119 e. The maximum absolute atomic E-state index is 5.70. The highest BCUT2D eigenvalue weighted by atomic mass is 79.9. The first-order chi connectivity index (χ1) is 4.74. The van der Waals surface area contributed by atoms with E-state index in [4.69, 9.17) is 11.6 Å². The van der Waals surface area contributed by atoms with Crippen LogP contribution < -0.4 is 0 Å². The number of rotatable bonds is 1.